The van der Waals surface area contributed by atoms with E-state index in [9.17, 15) is 35.5 Å². The molecule has 2 N–H and O–H groups in total. The molecular weight excluding hydrogens is 299 g/mol. The molecule has 0 saturated heterocycles. The largest absolute Gasteiger partial charge is 0.466 e. The summed E-state index contributed by atoms with van der Waals surface area (Å²) < 4.78 is 91.0. The third kappa shape index (κ3) is 4.80. The number of rotatable bonds is 7. The van der Waals surface area contributed by atoms with Crippen molar-refractivity contribution in [2.75, 3.05) is 6.61 Å². The van der Waals surface area contributed by atoms with Crippen LogP contribution >= 0.6 is 0 Å². The zero-order chi connectivity index (χ0) is 16.2. The van der Waals surface area contributed by atoms with Crippen LogP contribution in [0.1, 0.15) is 26.2 Å². The van der Waals surface area contributed by atoms with Crippen LogP contribution in [-0.4, -0.2) is 36.6 Å². The first-order chi connectivity index (χ1) is 8.85. The van der Waals surface area contributed by atoms with Gasteiger partial charge in [-0.15, -0.1) is 0 Å². The van der Waals surface area contributed by atoms with Gasteiger partial charge in [-0.05, 0) is 13.3 Å². The van der Waals surface area contributed by atoms with Gasteiger partial charge in [0.1, 0.15) is 0 Å². The van der Waals surface area contributed by atoms with Crippen molar-refractivity contribution >= 4 is 5.97 Å². The summed E-state index contributed by atoms with van der Waals surface area (Å²) in [5.41, 5.74) is 5.06. The molecule has 0 aliphatic rings. The van der Waals surface area contributed by atoms with Crippen LogP contribution in [0.5, 0.6) is 0 Å². The number of esters is 1. The molecule has 3 nitrogen and oxygen atoms in total. The molecule has 0 radical (unpaired) electrons. The van der Waals surface area contributed by atoms with Gasteiger partial charge in [0, 0.05) is 18.9 Å². The predicted octanol–water partition coefficient (Wildman–Crippen LogP) is 2.88. The molecule has 1 atom stereocenters. The molecule has 0 aromatic rings. The van der Waals surface area contributed by atoms with Crippen molar-refractivity contribution in [3.63, 3.8) is 0 Å². The Balaban J connectivity index is 4.57. The van der Waals surface area contributed by atoms with E-state index < -0.39 is 49.3 Å². The molecule has 0 rings (SSSR count). The maximum Gasteiger partial charge on any atom is 0.459 e. The molecule has 0 bridgehead atoms. The van der Waals surface area contributed by atoms with Crippen molar-refractivity contribution < 1.29 is 40.3 Å². The van der Waals surface area contributed by atoms with Gasteiger partial charge in [0.15, 0.2) is 0 Å². The number of hydrogen-bond acceptors (Lipinski definition) is 3. The lowest BCUT2D eigenvalue weighted by Gasteiger charge is -2.29. The summed E-state index contributed by atoms with van der Waals surface area (Å²) >= 11 is 0. The molecule has 20 heavy (non-hydrogen) atoms. The third-order valence-electron chi connectivity index (χ3n) is 2.36. The predicted molar refractivity (Wildman–Crippen MR) is 54.4 cm³/mol. The lowest BCUT2D eigenvalue weighted by Crippen LogP contribution is -2.53. The van der Waals surface area contributed by atoms with Gasteiger partial charge >= 0.3 is 24.0 Å². The highest BCUT2D eigenvalue weighted by Gasteiger charge is 2.72. The number of carbonyl (C=O) groups is 1. The first kappa shape index (κ1) is 18.9. The van der Waals surface area contributed by atoms with Crippen LogP contribution in [-0.2, 0) is 9.53 Å². The number of nitrogens with two attached hydrogens (primary N) is 1. The smallest absolute Gasteiger partial charge is 0.459 e. The van der Waals surface area contributed by atoms with Crippen LogP contribution in [0.3, 0.4) is 0 Å². The number of hydrogen-bond donors (Lipinski definition) is 1. The number of carbonyl (C=O) groups excluding carboxylic acids is 1. The second kappa shape index (κ2) is 6.59. The fourth-order valence-electron chi connectivity index (χ4n) is 1.30. The van der Waals surface area contributed by atoms with Crippen LogP contribution < -0.4 is 5.73 Å². The van der Waals surface area contributed by atoms with Gasteiger partial charge in [-0.25, -0.2) is 0 Å². The summed E-state index contributed by atoms with van der Waals surface area (Å²) in [7, 11) is 0. The fraction of sp³-hybridized carbons (Fsp3) is 0.900. The number of ether oxygens (including phenoxy) is 1. The SMILES string of the molecule is CCOC(=O)CCC(N)CC(F)(F)C(F)(F)C(F)(F)F. The van der Waals surface area contributed by atoms with Gasteiger partial charge in [-0.2, -0.15) is 30.7 Å². The Morgan fingerprint density at radius 1 is 1.15 bits per heavy atom. The fourth-order valence-corrected chi connectivity index (χ4v) is 1.30. The van der Waals surface area contributed by atoms with E-state index in [0.29, 0.717) is 0 Å². The molecule has 0 aliphatic carbocycles. The van der Waals surface area contributed by atoms with Crippen molar-refractivity contribution in [1.29, 1.82) is 0 Å². The second-order valence-electron chi connectivity index (χ2n) is 4.08. The summed E-state index contributed by atoms with van der Waals surface area (Å²) in [6.45, 7) is 1.51. The van der Waals surface area contributed by atoms with Crippen LogP contribution in [0.2, 0.25) is 0 Å². The average Bonchev–Trinajstić information content (AvgIpc) is 2.24. The summed E-state index contributed by atoms with van der Waals surface area (Å²) in [5.74, 6) is -12.3. The first-order valence-electron chi connectivity index (χ1n) is 5.58. The van der Waals surface area contributed by atoms with Crippen molar-refractivity contribution in [3.8, 4) is 0 Å². The third-order valence-corrected chi connectivity index (χ3v) is 2.36. The maximum atomic E-state index is 13.0. The van der Waals surface area contributed by atoms with Gasteiger partial charge in [0.25, 0.3) is 0 Å². The van der Waals surface area contributed by atoms with E-state index in [1.54, 1.807) is 0 Å². The quantitative estimate of drug-likeness (QED) is 0.581. The molecule has 0 saturated carbocycles. The van der Waals surface area contributed by atoms with Gasteiger partial charge in [-0.3, -0.25) is 4.79 Å². The average molecular weight is 313 g/mol. The highest BCUT2D eigenvalue weighted by Crippen LogP contribution is 2.48. The molecule has 1 unspecified atom stereocenters. The molecule has 0 aliphatic heterocycles. The molecule has 0 spiro atoms. The minimum atomic E-state index is -6.38. The van der Waals surface area contributed by atoms with Gasteiger partial charge < -0.3 is 10.5 Å². The molecule has 0 heterocycles. The summed E-state index contributed by atoms with van der Waals surface area (Å²) in [6.07, 6.45) is -9.19. The number of alkyl halides is 7. The lowest BCUT2D eigenvalue weighted by molar-refractivity contribution is -0.356. The zero-order valence-electron chi connectivity index (χ0n) is 10.4. The van der Waals surface area contributed by atoms with E-state index in [4.69, 9.17) is 5.73 Å². The highest BCUT2D eigenvalue weighted by molar-refractivity contribution is 5.69. The Kier molecular flexibility index (Phi) is 6.25. The maximum absolute atomic E-state index is 13.0. The van der Waals surface area contributed by atoms with Gasteiger partial charge in [0.05, 0.1) is 6.61 Å². The Hall–Kier alpha value is -1.06. The molecule has 10 heteroatoms. The van der Waals surface area contributed by atoms with Crippen LogP contribution in [0.15, 0.2) is 0 Å². The van der Waals surface area contributed by atoms with E-state index in [1.807, 2.05) is 0 Å². The van der Waals surface area contributed by atoms with E-state index in [-0.39, 0.29) is 6.61 Å². The highest BCUT2D eigenvalue weighted by atomic mass is 19.4. The standard InChI is InChI=1S/C10H14F7NO2/c1-2-20-7(19)4-3-6(18)5-8(11,12)9(13,14)10(15,16)17/h6H,2-5,18H2,1H3. The molecule has 0 fully saturated rings. The van der Waals surface area contributed by atoms with Crippen LogP contribution in [0.25, 0.3) is 0 Å². The minimum absolute atomic E-state index is 0.0242. The molecule has 120 valence electrons. The monoisotopic (exact) mass is 313 g/mol. The Morgan fingerprint density at radius 3 is 2.05 bits per heavy atom. The van der Waals surface area contributed by atoms with E-state index in [2.05, 4.69) is 4.74 Å². The topological polar surface area (TPSA) is 52.3 Å². The van der Waals surface area contributed by atoms with Crippen molar-refractivity contribution in [2.24, 2.45) is 5.73 Å². The summed E-state index contributed by atoms with van der Waals surface area (Å²) in [5, 5.41) is 0. The van der Waals surface area contributed by atoms with E-state index in [0.717, 1.165) is 0 Å². The lowest BCUT2D eigenvalue weighted by atomic mass is 9.99. The van der Waals surface area contributed by atoms with Crippen molar-refractivity contribution in [2.45, 2.75) is 50.2 Å². The second-order valence-corrected chi connectivity index (χ2v) is 4.08. The minimum Gasteiger partial charge on any atom is -0.466 e. The summed E-state index contributed by atoms with van der Waals surface area (Å²) in [4.78, 5) is 10.9. The summed E-state index contributed by atoms with van der Waals surface area (Å²) in [6, 6.07) is -1.69. The normalized spacial score (nSPS) is 15.1. The molecule has 0 amide bonds. The van der Waals surface area contributed by atoms with Gasteiger partial charge in [-0.1, -0.05) is 0 Å². The zero-order valence-corrected chi connectivity index (χ0v) is 10.4. The number of halogens is 7. The van der Waals surface area contributed by atoms with E-state index in [1.165, 1.54) is 6.92 Å². The van der Waals surface area contributed by atoms with E-state index >= 15 is 0 Å². The van der Waals surface area contributed by atoms with Crippen molar-refractivity contribution in [1.82, 2.24) is 0 Å². The molecule has 0 aromatic carbocycles. The van der Waals surface area contributed by atoms with Gasteiger partial charge in [0.2, 0.25) is 0 Å². The van der Waals surface area contributed by atoms with Crippen LogP contribution in [0, 0.1) is 0 Å². The molecular formula is C10H14F7NO2. The Labute approximate surface area is 110 Å². The molecule has 0 aromatic heterocycles. The van der Waals surface area contributed by atoms with Crippen LogP contribution in [0.4, 0.5) is 30.7 Å². The van der Waals surface area contributed by atoms with Crippen molar-refractivity contribution in [3.05, 3.63) is 0 Å². The Morgan fingerprint density at radius 2 is 1.65 bits per heavy atom. The Bertz CT molecular complexity index is 330. The first-order valence-corrected chi connectivity index (χ1v) is 5.58.